The van der Waals surface area contributed by atoms with Crippen molar-refractivity contribution in [2.45, 2.75) is 25.7 Å². The summed E-state index contributed by atoms with van der Waals surface area (Å²) in [5.41, 5.74) is 6.84. The van der Waals surface area contributed by atoms with Crippen molar-refractivity contribution in [1.82, 2.24) is 14.9 Å². The number of amides is 1. The minimum absolute atomic E-state index is 0.250. The van der Waals surface area contributed by atoms with Gasteiger partial charge in [0.15, 0.2) is 11.5 Å². The quantitative estimate of drug-likeness (QED) is 0.586. The summed E-state index contributed by atoms with van der Waals surface area (Å²) in [4.78, 5) is 31.5. The molecule has 168 valence electrons. The zero-order valence-electron chi connectivity index (χ0n) is 17.8. The molecule has 4 rings (SSSR count). The number of methoxy groups -OCH3 is 2. The number of nitrogens with one attached hydrogen (secondary N) is 1. The van der Waals surface area contributed by atoms with Crippen LogP contribution in [0.15, 0.2) is 12.1 Å². The predicted octanol–water partition coefficient (Wildman–Crippen LogP) is 1.99. The highest BCUT2D eigenvalue weighted by Crippen LogP contribution is 2.34. The third kappa shape index (κ3) is 5.44. The lowest BCUT2D eigenvalue weighted by molar-refractivity contribution is -0.133. The third-order valence-electron chi connectivity index (χ3n) is 5.63. The normalized spacial score (nSPS) is 16.3. The molecule has 10 nitrogen and oxygen atoms in total. The number of hydrogen-bond acceptors (Lipinski definition) is 8. The summed E-state index contributed by atoms with van der Waals surface area (Å²) in [7, 11) is 3.17. The van der Waals surface area contributed by atoms with Crippen molar-refractivity contribution in [2.24, 2.45) is 11.8 Å². The molecule has 0 unspecified atom stereocenters. The molecule has 1 aromatic carbocycles. The summed E-state index contributed by atoms with van der Waals surface area (Å²) in [6, 6.07) is 3.60. The van der Waals surface area contributed by atoms with Crippen LogP contribution >= 0.6 is 0 Å². The van der Waals surface area contributed by atoms with Gasteiger partial charge in [-0.1, -0.05) is 0 Å². The highest BCUT2D eigenvalue weighted by atomic mass is 16.5. The smallest absolute Gasteiger partial charge is 0.290 e. The van der Waals surface area contributed by atoms with Gasteiger partial charge in [0, 0.05) is 37.0 Å². The minimum atomic E-state index is -0.250. The SMILES string of the molecule is COc1cc2nc(NCC3CCN(C(=O)C4CC4)CC3)nc(N)c2cc1OC.O=CO. The Hall–Kier alpha value is -3.30. The van der Waals surface area contributed by atoms with Gasteiger partial charge in [-0.2, -0.15) is 4.98 Å². The van der Waals surface area contributed by atoms with E-state index in [1.807, 2.05) is 4.90 Å². The number of carboxylic acid groups (broad SMARTS) is 1. The number of benzene rings is 1. The van der Waals surface area contributed by atoms with Crippen LogP contribution in [0, 0.1) is 11.8 Å². The van der Waals surface area contributed by atoms with Gasteiger partial charge >= 0.3 is 0 Å². The van der Waals surface area contributed by atoms with Crippen LogP contribution in [0.5, 0.6) is 11.5 Å². The maximum absolute atomic E-state index is 12.2. The first kappa shape index (κ1) is 22.4. The number of carbonyl (C=O) groups is 2. The van der Waals surface area contributed by atoms with Crippen LogP contribution in [-0.4, -0.2) is 66.2 Å². The van der Waals surface area contributed by atoms with Gasteiger partial charge in [0.1, 0.15) is 5.82 Å². The molecule has 2 aliphatic rings. The highest BCUT2D eigenvalue weighted by Gasteiger charge is 2.34. The molecule has 1 amide bonds. The van der Waals surface area contributed by atoms with Gasteiger partial charge in [0.25, 0.3) is 6.47 Å². The zero-order chi connectivity index (χ0) is 22.4. The molecule has 0 atom stereocenters. The van der Waals surface area contributed by atoms with Gasteiger partial charge in [-0.3, -0.25) is 9.59 Å². The van der Waals surface area contributed by atoms with E-state index in [2.05, 4.69) is 15.3 Å². The average Bonchev–Trinajstić information content (AvgIpc) is 3.63. The van der Waals surface area contributed by atoms with Crippen LogP contribution in [0.4, 0.5) is 11.8 Å². The first-order valence-corrected chi connectivity index (χ1v) is 10.3. The van der Waals surface area contributed by atoms with Gasteiger partial charge in [-0.05, 0) is 37.7 Å². The number of nitrogen functional groups attached to an aromatic ring is 1. The number of carbonyl (C=O) groups excluding carboxylic acids is 1. The topological polar surface area (TPSA) is 140 Å². The van der Waals surface area contributed by atoms with Crippen molar-refractivity contribution in [3.63, 3.8) is 0 Å². The van der Waals surface area contributed by atoms with Crippen molar-refractivity contribution < 1.29 is 24.2 Å². The molecule has 31 heavy (non-hydrogen) atoms. The van der Waals surface area contributed by atoms with Crippen molar-refractivity contribution in [2.75, 3.05) is 44.9 Å². The lowest BCUT2D eigenvalue weighted by Gasteiger charge is -2.32. The first-order chi connectivity index (χ1) is 15.0. The number of anilines is 2. The van der Waals surface area contributed by atoms with Gasteiger partial charge < -0.3 is 30.5 Å². The van der Waals surface area contributed by atoms with Crippen LogP contribution in [-0.2, 0) is 9.59 Å². The molecule has 1 saturated carbocycles. The fourth-order valence-electron chi connectivity index (χ4n) is 3.74. The van der Waals surface area contributed by atoms with Crippen molar-refractivity contribution in [3.8, 4) is 11.5 Å². The van der Waals surface area contributed by atoms with E-state index in [1.165, 1.54) is 0 Å². The number of rotatable bonds is 6. The second kappa shape index (κ2) is 10.1. The number of piperidine rings is 1. The fourth-order valence-corrected chi connectivity index (χ4v) is 3.74. The number of hydrogen-bond donors (Lipinski definition) is 3. The molecule has 2 aromatic rings. The van der Waals surface area contributed by atoms with E-state index in [0.29, 0.717) is 46.5 Å². The molecule has 1 aliphatic carbocycles. The summed E-state index contributed by atoms with van der Waals surface area (Å²) in [5, 5.41) is 10.9. The molecule has 4 N–H and O–H groups in total. The number of aromatic nitrogens is 2. The van der Waals surface area contributed by atoms with E-state index in [9.17, 15) is 4.79 Å². The Morgan fingerprint density at radius 3 is 2.39 bits per heavy atom. The molecule has 2 fully saturated rings. The molecule has 1 aliphatic heterocycles. The molecular weight excluding hydrogens is 402 g/mol. The van der Waals surface area contributed by atoms with Gasteiger partial charge in [-0.15, -0.1) is 0 Å². The lowest BCUT2D eigenvalue weighted by Crippen LogP contribution is -2.40. The largest absolute Gasteiger partial charge is 0.493 e. The minimum Gasteiger partial charge on any atom is -0.493 e. The third-order valence-corrected chi connectivity index (χ3v) is 5.63. The van der Waals surface area contributed by atoms with E-state index in [1.54, 1.807) is 26.4 Å². The monoisotopic (exact) mass is 431 g/mol. The maximum atomic E-state index is 12.2. The first-order valence-electron chi connectivity index (χ1n) is 10.3. The fraction of sp³-hybridized carbons (Fsp3) is 0.524. The molecule has 1 aromatic heterocycles. The lowest BCUT2D eigenvalue weighted by atomic mass is 9.96. The molecular formula is C21H29N5O5. The Morgan fingerprint density at radius 2 is 1.81 bits per heavy atom. The second-order valence-corrected chi connectivity index (χ2v) is 7.69. The number of ether oxygens (including phenoxy) is 2. The summed E-state index contributed by atoms with van der Waals surface area (Å²) >= 11 is 0. The predicted molar refractivity (Wildman–Crippen MR) is 116 cm³/mol. The number of nitrogens with zero attached hydrogens (tertiary/aromatic N) is 3. The Bertz CT molecular complexity index is 926. The Balaban J connectivity index is 0.000000858. The van der Waals surface area contributed by atoms with Gasteiger partial charge in [-0.25, -0.2) is 4.98 Å². The molecule has 0 radical (unpaired) electrons. The maximum Gasteiger partial charge on any atom is 0.290 e. The van der Waals surface area contributed by atoms with Crippen LogP contribution in [0.25, 0.3) is 10.9 Å². The van der Waals surface area contributed by atoms with Crippen molar-refractivity contribution in [1.29, 1.82) is 0 Å². The zero-order valence-corrected chi connectivity index (χ0v) is 17.8. The molecule has 10 heteroatoms. The molecule has 0 spiro atoms. The Labute approximate surface area is 180 Å². The summed E-state index contributed by atoms with van der Waals surface area (Å²) in [6.45, 7) is 2.21. The summed E-state index contributed by atoms with van der Waals surface area (Å²) in [6.07, 6.45) is 4.13. The molecule has 1 saturated heterocycles. The van der Waals surface area contributed by atoms with E-state index in [4.69, 9.17) is 25.1 Å². The molecule has 0 bridgehead atoms. The molecule has 2 heterocycles. The van der Waals surface area contributed by atoms with E-state index < -0.39 is 0 Å². The van der Waals surface area contributed by atoms with Crippen LogP contribution in [0.3, 0.4) is 0 Å². The van der Waals surface area contributed by atoms with Crippen LogP contribution in [0.1, 0.15) is 25.7 Å². The number of likely N-dealkylation sites (tertiary alicyclic amines) is 1. The van der Waals surface area contributed by atoms with E-state index in [-0.39, 0.29) is 6.47 Å². The average molecular weight is 431 g/mol. The van der Waals surface area contributed by atoms with Crippen LogP contribution < -0.4 is 20.5 Å². The van der Waals surface area contributed by atoms with Crippen molar-refractivity contribution >= 4 is 35.0 Å². The van der Waals surface area contributed by atoms with Crippen molar-refractivity contribution in [3.05, 3.63) is 12.1 Å². The summed E-state index contributed by atoms with van der Waals surface area (Å²) in [5.74, 6) is 3.26. The second-order valence-electron chi connectivity index (χ2n) is 7.69. The number of fused-ring (bicyclic) bond motifs is 1. The number of nitrogens with two attached hydrogens (primary N) is 1. The van der Waals surface area contributed by atoms with Gasteiger partial charge in [0.2, 0.25) is 11.9 Å². The van der Waals surface area contributed by atoms with Crippen LogP contribution in [0.2, 0.25) is 0 Å². The van der Waals surface area contributed by atoms with Gasteiger partial charge in [0.05, 0.1) is 19.7 Å². The highest BCUT2D eigenvalue weighted by molar-refractivity contribution is 5.91. The van der Waals surface area contributed by atoms with E-state index >= 15 is 0 Å². The van der Waals surface area contributed by atoms with E-state index in [0.717, 1.165) is 50.7 Å². The Kier molecular flexibility index (Phi) is 7.32. The standard InChI is InChI=1S/C20H27N5O3.CH2O2/c1-27-16-9-14-15(10-17(16)28-2)23-20(24-18(14)21)22-11-12-5-7-25(8-6-12)19(26)13-3-4-13;2-1-3/h9-10,12-13H,3-8,11H2,1-2H3,(H3,21,22,23,24);1H,(H,2,3). The Morgan fingerprint density at radius 1 is 1.19 bits per heavy atom. The summed E-state index contributed by atoms with van der Waals surface area (Å²) < 4.78 is 10.7.